The van der Waals surface area contributed by atoms with Crippen LogP contribution in [-0.4, -0.2) is 104 Å². The van der Waals surface area contributed by atoms with E-state index in [4.69, 9.17) is 24.5 Å². The number of nitrogen functional groups attached to an aromatic ring is 1. The van der Waals surface area contributed by atoms with Crippen molar-refractivity contribution in [1.29, 1.82) is 0 Å². The summed E-state index contributed by atoms with van der Waals surface area (Å²) in [5, 5.41) is 33.0. The van der Waals surface area contributed by atoms with Gasteiger partial charge in [0.1, 0.15) is 35.5 Å². The summed E-state index contributed by atoms with van der Waals surface area (Å²) >= 11 is 0. The lowest BCUT2D eigenvalue weighted by atomic mass is 10.1. The fourth-order valence-electron chi connectivity index (χ4n) is 7.58. The van der Waals surface area contributed by atoms with Crippen LogP contribution in [-0.2, 0) is 28.1 Å². The summed E-state index contributed by atoms with van der Waals surface area (Å²) in [6.07, 6.45) is 4.38. The second-order valence-corrected chi connectivity index (χ2v) is 16.7. The van der Waals surface area contributed by atoms with Crippen LogP contribution in [0.1, 0.15) is 93.0 Å². The molecule has 7 N–H and O–H groups in total. The van der Waals surface area contributed by atoms with E-state index >= 15 is 0 Å². The first kappa shape index (κ1) is 38.8. The zero-order valence-corrected chi connectivity index (χ0v) is 31.3. The van der Waals surface area contributed by atoms with Gasteiger partial charge in [-0.3, -0.25) is 9.36 Å². The van der Waals surface area contributed by atoms with Crippen LogP contribution in [0, 0.1) is 11.8 Å². The Balaban J connectivity index is 1.35. The molecule has 8 atom stereocenters. The number of hydrogen-bond donors (Lipinski definition) is 6. The highest BCUT2D eigenvalue weighted by Gasteiger charge is 2.85. The first-order valence-corrected chi connectivity index (χ1v) is 19.7. The summed E-state index contributed by atoms with van der Waals surface area (Å²) in [7, 11) is -4.02. The Morgan fingerprint density at radius 2 is 1.84 bits per heavy atom. The Kier molecular flexibility index (Phi) is 12.2. The number of carbonyl (C=O) groups excluding carboxylic acids is 1. The predicted molar refractivity (Wildman–Crippen MR) is 188 cm³/mol. The molecule has 2 aliphatic carbocycles. The minimum Gasteiger partial charge on any atom is -0.465 e. The molecular weight excluding hydrogens is 667 g/mol. The van der Waals surface area contributed by atoms with Crippen molar-refractivity contribution in [3.63, 3.8) is 0 Å². The number of aliphatic hydroxyl groups excluding tert-OH is 1. The maximum Gasteiger partial charge on any atom is 0.341 e. The highest BCUT2D eigenvalue weighted by Crippen LogP contribution is 2.68. The predicted octanol–water partition coefficient (Wildman–Crippen LogP) is 3.30. The number of aliphatic hydroxyl groups is 2. The molecule has 5 rings (SSSR count). The minimum atomic E-state index is -4.02. The van der Waals surface area contributed by atoms with Gasteiger partial charge in [-0.1, -0.05) is 40.5 Å². The van der Waals surface area contributed by atoms with Gasteiger partial charge in [-0.25, -0.2) is 15.2 Å². The van der Waals surface area contributed by atoms with Gasteiger partial charge in [-0.15, -0.1) is 0 Å². The standard InChI is InChI=1S/C33H57N8O8P/c1-8-46-16-22(14-19(3)4)39-50(45,40-23(15-20(5)6)29(43)47-9-2)48-17-24-26(42)33(44)30(32(33,7)49-24)41-18-35-25-27(36-21-12-10-11-13-21)37-31(34)38-28(25)41/h18-24,26,30,42,44H,8-17H2,1-7H3,(H2,39,40,45)(H3,34,36,37,38). The summed E-state index contributed by atoms with van der Waals surface area (Å²) in [6, 6.07) is -1.78. The van der Waals surface area contributed by atoms with Crippen molar-refractivity contribution in [2.75, 3.05) is 37.5 Å². The van der Waals surface area contributed by atoms with Gasteiger partial charge in [0.05, 0.1) is 26.1 Å². The molecule has 8 unspecified atom stereocenters. The lowest BCUT2D eigenvalue weighted by Gasteiger charge is -2.31. The number of nitrogens with two attached hydrogens (primary N) is 1. The molecule has 2 saturated carbocycles. The molecule has 3 heterocycles. The number of hydrogen-bond acceptors (Lipinski definition) is 13. The quantitative estimate of drug-likeness (QED) is 0.0905. The number of rotatable bonds is 19. The zero-order chi connectivity index (χ0) is 36.4. The topological polar surface area (TPSA) is 217 Å². The molecule has 16 nitrogen and oxygen atoms in total. The number of fused-ring (bicyclic) bond motifs is 2. The lowest BCUT2D eigenvalue weighted by Crippen LogP contribution is -2.45. The third-order valence-electron chi connectivity index (χ3n) is 9.92. The number of imidazole rings is 1. The number of esters is 1. The van der Waals surface area contributed by atoms with E-state index in [1.165, 1.54) is 0 Å². The Bertz CT molecular complexity index is 1520. The van der Waals surface area contributed by atoms with Crippen LogP contribution in [0.15, 0.2) is 6.33 Å². The van der Waals surface area contributed by atoms with Gasteiger partial charge in [0, 0.05) is 18.7 Å². The average molecular weight is 725 g/mol. The van der Waals surface area contributed by atoms with Gasteiger partial charge in [0.2, 0.25) is 5.95 Å². The average Bonchev–Trinajstić information content (AvgIpc) is 3.53. The van der Waals surface area contributed by atoms with Gasteiger partial charge in [-0.2, -0.15) is 9.97 Å². The highest BCUT2D eigenvalue weighted by atomic mass is 31.2. The van der Waals surface area contributed by atoms with Crippen LogP contribution in [0.3, 0.4) is 0 Å². The van der Waals surface area contributed by atoms with E-state index in [0.29, 0.717) is 36.4 Å². The number of nitrogens with one attached hydrogen (secondary N) is 3. The molecule has 2 aromatic heterocycles. The molecule has 0 spiro atoms. The van der Waals surface area contributed by atoms with Crippen LogP contribution >= 0.6 is 7.67 Å². The van der Waals surface area contributed by atoms with Gasteiger partial charge < -0.3 is 44.6 Å². The smallest absolute Gasteiger partial charge is 0.341 e. The van der Waals surface area contributed by atoms with Crippen LogP contribution in [0.25, 0.3) is 11.2 Å². The summed E-state index contributed by atoms with van der Waals surface area (Å²) in [6.45, 7) is 13.8. The molecule has 0 radical (unpaired) electrons. The first-order valence-electron chi connectivity index (χ1n) is 18.0. The molecule has 3 aliphatic rings. The van der Waals surface area contributed by atoms with E-state index in [1.54, 1.807) is 24.7 Å². The van der Waals surface area contributed by atoms with Crippen LogP contribution < -0.4 is 21.2 Å². The first-order chi connectivity index (χ1) is 23.7. The fraction of sp³-hybridized carbons (Fsp3) is 0.818. The summed E-state index contributed by atoms with van der Waals surface area (Å²) in [5.41, 5.74) is 4.04. The van der Waals surface area contributed by atoms with Gasteiger partial charge in [-0.05, 0) is 58.3 Å². The van der Waals surface area contributed by atoms with Crippen LogP contribution in [0.5, 0.6) is 0 Å². The van der Waals surface area contributed by atoms with Gasteiger partial charge >= 0.3 is 13.6 Å². The summed E-state index contributed by atoms with van der Waals surface area (Å²) < 4.78 is 39.7. The van der Waals surface area contributed by atoms with Crippen molar-refractivity contribution in [2.24, 2.45) is 11.8 Å². The molecule has 2 aromatic rings. The van der Waals surface area contributed by atoms with Crippen molar-refractivity contribution in [2.45, 2.75) is 135 Å². The van der Waals surface area contributed by atoms with Crippen molar-refractivity contribution in [3.05, 3.63) is 6.33 Å². The highest BCUT2D eigenvalue weighted by molar-refractivity contribution is 7.54. The summed E-state index contributed by atoms with van der Waals surface area (Å²) in [5.74, 6) is 0.366. The fourth-order valence-corrected chi connectivity index (χ4v) is 9.44. The largest absolute Gasteiger partial charge is 0.465 e. The van der Waals surface area contributed by atoms with Crippen molar-refractivity contribution >= 4 is 36.6 Å². The molecule has 0 bridgehead atoms. The molecular formula is C33H57N8O8P. The molecule has 0 amide bonds. The molecule has 1 aliphatic heterocycles. The Morgan fingerprint density at radius 3 is 2.44 bits per heavy atom. The van der Waals surface area contributed by atoms with E-state index < -0.39 is 49.1 Å². The molecule has 3 fully saturated rings. The second kappa shape index (κ2) is 15.7. The number of nitrogens with zero attached hydrogens (tertiary/aromatic N) is 4. The van der Waals surface area contributed by atoms with E-state index in [-0.39, 0.29) is 49.7 Å². The SMILES string of the molecule is CCOCC(CC(C)C)NP(=O)(NC(CC(C)C)C(=O)OCC)OCC1OC2(C)C(n3cnc4c(NC5CCCC5)nc(N)nc43)C2(O)C1O. The Hall–Kier alpha value is -2.43. The van der Waals surface area contributed by atoms with Crippen molar-refractivity contribution < 1.29 is 38.3 Å². The van der Waals surface area contributed by atoms with Gasteiger partial charge in [0.15, 0.2) is 17.0 Å². The maximum atomic E-state index is 14.6. The summed E-state index contributed by atoms with van der Waals surface area (Å²) in [4.78, 5) is 26.3. The number of aromatic nitrogens is 4. The molecule has 50 heavy (non-hydrogen) atoms. The molecule has 17 heteroatoms. The Morgan fingerprint density at radius 1 is 1.14 bits per heavy atom. The molecule has 1 saturated heterocycles. The number of ether oxygens (including phenoxy) is 3. The Labute approximate surface area is 294 Å². The van der Waals surface area contributed by atoms with E-state index in [1.807, 2.05) is 34.6 Å². The minimum absolute atomic E-state index is 0.0601. The third kappa shape index (κ3) is 7.97. The third-order valence-corrected chi connectivity index (χ3v) is 11.8. The van der Waals surface area contributed by atoms with Crippen molar-refractivity contribution in [1.82, 2.24) is 29.7 Å². The monoisotopic (exact) mass is 724 g/mol. The molecule has 282 valence electrons. The van der Waals surface area contributed by atoms with E-state index in [2.05, 4.69) is 30.4 Å². The van der Waals surface area contributed by atoms with E-state index in [0.717, 1.165) is 25.7 Å². The van der Waals surface area contributed by atoms with Crippen LogP contribution in [0.4, 0.5) is 11.8 Å². The zero-order valence-electron chi connectivity index (χ0n) is 30.4. The number of anilines is 2. The second-order valence-electron chi connectivity index (χ2n) is 14.8. The number of carbonyl (C=O) groups is 1. The van der Waals surface area contributed by atoms with Gasteiger partial charge in [0.25, 0.3) is 0 Å². The van der Waals surface area contributed by atoms with Crippen molar-refractivity contribution in [3.8, 4) is 0 Å². The maximum absolute atomic E-state index is 14.6. The van der Waals surface area contributed by atoms with Crippen LogP contribution in [0.2, 0.25) is 0 Å². The normalized spacial score (nSPS) is 29.0. The van der Waals surface area contributed by atoms with E-state index in [9.17, 15) is 19.6 Å². The molecule has 0 aromatic carbocycles. The lowest BCUT2D eigenvalue weighted by molar-refractivity contribution is -0.145.